The third kappa shape index (κ3) is 4.32. The van der Waals surface area contributed by atoms with Gasteiger partial charge in [-0.3, -0.25) is 0 Å². The lowest BCUT2D eigenvalue weighted by Gasteiger charge is -2.20. The maximum atomic E-state index is 5.22. The van der Waals surface area contributed by atoms with Crippen LogP contribution < -0.4 is 10.1 Å². The summed E-state index contributed by atoms with van der Waals surface area (Å²) in [5.41, 5.74) is 1.32. The van der Waals surface area contributed by atoms with Crippen LogP contribution in [0.15, 0.2) is 22.7 Å². The first-order chi connectivity index (χ1) is 8.22. The van der Waals surface area contributed by atoms with Crippen molar-refractivity contribution in [1.29, 1.82) is 0 Å². The SMILES string of the molecule is CCCNC(CCC)c1ccc(OC)cc1Br. The van der Waals surface area contributed by atoms with Crippen LogP contribution in [0.4, 0.5) is 0 Å². The summed E-state index contributed by atoms with van der Waals surface area (Å²) >= 11 is 3.63. The van der Waals surface area contributed by atoms with Gasteiger partial charge in [0, 0.05) is 10.5 Å². The highest BCUT2D eigenvalue weighted by molar-refractivity contribution is 9.10. The number of nitrogens with one attached hydrogen (secondary N) is 1. The Morgan fingerprint density at radius 2 is 2.06 bits per heavy atom. The van der Waals surface area contributed by atoms with Crippen LogP contribution >= 0.6 is 15.9 Å². The molecule has 0 amide bonds. The molecule has 1 aromatic carbocycles. The van der Waals surface area contributed by atoms with Crippen molar-refractivity contribution in [1.82, 2.24) is 5.32 Å². The standard InChI is InChI=1S/C14H22BrNO/c1-4-6-14(16-9-5-2)12-8-7-11(17-3)10-13(12)15/h7-8,10,14,16H,4-6,9H2,1-3H3. The van der Waals surface area contributed by atoms with Crippen LogP contribution in [0, 0.1) is 0 Å². The lowest BCUT2D eigenvalue weighted by atomic mass is 10.0. The summed E-state index contributed by atoms with van der Waals surface area (Å²) in [6.45, 7) is 5.47. The minimum Gasteiger partial charge on any atom is -0.497 e. The molecule has 1 unspecified atom stereocenters. The molecule has 1 rings (SSSR count). The van der Waals surface area contributed by atoms with Gasteiger partial charge in [-0.1, -0.05) is 42.3 Å². The summed E-state index contributed by atoms with van der Waals surface area (Å²) in [6.07, 6.45) is 3.50. The Morgan fingerprint density at radius 3 is 2.59 bits per heavy atom. The van der Waals surface area contributed by atoms with Gasteiger partial charge in [-0.15, -0.1) is 0 Å². The van der Waals surface area contributed by atoms with Gasteiger partial charge in [0.15, 0.2) is 0 Å². The van der Waals surface area contributed by atoms with E-state index in [2.05, 4.69) is 41.2 Å². The van der Waals surface area contributed by atoms with Gasteiger partial charge in [0.1, 0.15) is 5.75 Å². The molecule has 17 heavy (non-hydrogen) atoms. The highest BCUT2D eigenvalue weighted by Crippen LogP contribution is 2.29. The molecule has 2 nitrogen and oxygen atoms in total. The number of hydrogen-bond acceptors (Lipinski definition) is 2. The van der Waals surface area contributed by atoms with Crippen molar-refractivity contribution >= 4 is 15.9 Å². The minimum atomic E-state index is 0.431. The van der Waals surface area contributed by atoms with Crippen molar-refractivity contribution in [3.8, 4) is 5.75 Å². The molecule has 0 aromatic heterocycles. The van der Waals surface area contributed by atoms with Gasteiger partial charge in [-0.2, -0.15) is 0 Å². The van der Waals surface area contributed by atoms with Crippen LogP contribution in [0.25, 0.3) is 0 Å². The Labute approximate surface area is 113 Å². The summed E-state index contributed by atoms with van der Waals surface area (Å²) in [5.74, 6) is 0.895. The first-order valence-electron chi connectivity index (χ1n) is 6.29. The van der Waals surface area contributed by atoms with Crippen LogP contribution in [0.1, 0.15) is 44.7 Å². The van der Waals surface area contributed by atoms with Gasteiger partial charge >= 0.3 is 0 Å². The Morgan fingerprint density at radius 1 is 1.29 bits per heavy atom. The second-order valence-corrected chi connectivity index (χ2v) is 5.04. The summed E-state index contributed by atoms with van der Waals surface area (Å²) in [4.78, 5) is 0. The molecule has 0 spiro atoms. The summed E-state index contributed by atoms with van der Waals surface area (Å²) in [6, 6.07) is 6.63. The molecule has 0 aliphatic heterocycles. The van der Waals surface area contributed by atoms with Crippen LogP contribution in [-0.2, 0) is 0 Å². The van der Waals surface area contributed by atoms with E-state index in [1.165, 1.54) is 12.0 Å². The smallest absolute Gasteiger partial charge is 0.120 e. The predicted molar refractivity (Wildman–Crippen MR) is 76.6 cm³/mol. The van der Waals surface area contributed by atoms with Crippen molar-refractivity contribution < 1.29 is 4.74 Å². The molecule has 1 N–H and O–H groups in total. The lowest BCUT2D eigenvalue weighted by Crippen LogP contribution is -2.22. The van der Waals surface area contributed by atoms with Gasteiger partial charge in [-0.05, 0) is 37.1 Å². The second kappa shape index (κ2) is 7.72. The number of ether oxygens (including phenoxy) is 1. The fourth-order valence-corrected chi connectivity index (χ4v) is 2.53. The van der Waals surface area contributed by atoms with E-state index in [0.717, 1.165) is 29.6 Å². The van der Waals surface area contributed by atoms with E-state index in [1.807, 2.05) is 12.1 Å². The summed E-state index contributed by atoms with van der Waals surface area (Å²) in [7, 11) is 1.69. The van der Waals surface area contributed by atoms with E-state index in [0.29, 0.717) is 6.04 Å². The van der Waals surface area contributed by atoms with Gasteiger partial charge in [0.05, 0.1) is 7.11 Å². The molecule has 0 saturated carbocycles. The van der Waals surface area contributed by atoms with E-state index < -0.39 is 0 Å². The molecule has 0 bridgehead atoms. The van der Waals surface area contributed by atoms with Crippen molar-refractivity contribution in [2.24, 2.45) is 0 Å². The molecule has 96 valence electrons. The Balaban J connectivity index is 2.85. The highest BCUT2D eigenvalue weighted by Gasteiger charge is 2.13. The van der Waals surface area contributed by atoms with E-state index in [1.54, 1.807) is 7.11 Å². The average Bonchev–Trinajstić information content (AvgIpc) is 2.34. The monoisotopic (exact) mass is 299 g/mol. The maximum absolute atomic E-state index is 5.22. The molecule has 0 saturated heterocycles. The van der Waals surface area contributed by atoms with E-state index in [9.17, 15) is 0 Å². The molecular formula is C14H22BrNO. The fraction of sp³-hybridized carbons (Fsp3) is 0.571. The third-order valence-electron chi connectivity index (χ3n) is 2.80. The minimum absolute atomic E-state index is 0.431. The van der Waals surface area contributed by atoms with Crippen molar-refractivity contribution in [2.75, 3.05) is 13.7 Å². The van der Waals surface area contributed by atoms with Crippen LogP contribution in [0.5, 0.6) is 5.75 Å². The molecule has 0 radical (unpaired) electrons. The quantitative estimate of drug-likeness (QED) is 0.810. The van der Waals surface area contributed by atoms with Crippen LogP contribution in [0.2, 0.25) is 0 Å². The predicted octanol–water partition coefficient (Wildman–Crippen LogP) is 4.30. The molecule has 0 fully saturated rings. The summed E-state index contributed by atoms with van der Waals surface area (Å²) < 4.78 is 6.34. The number of halogens is 1. The first kappa shape index (κ1) is 14.5. The molecule has 1 atom stereocenters. The molecule has 0 aliphatic carbocycles. The maximum Gasteiger partial charge on any atom is 0.120 e. The Hall–Kier alpha value is -0.540. The van der Waals surface area contributed by atoms with Crippen LogP contribution in [-0.4, -0.2) is 13.7 Å². The Kier molecular flexibility index (Phi) is 6.60. The zero-order valence-electron chi connectivity index (χ0n) is 10.9. The van der Waals surface area contributed by atoms with Gasteiger partial charge in [0.25, 0.3) is 0 Å². The van der Waals surface area contributed by atoms with Gasteiger partial charge in [-0.25, -0.2) is 0 Å². The Bertz CT molecular complexity index is 341. The largest absolute Gasteiger partial charge is 0.497 e. The molecular weight excluding hydrogens is 278 g/mol. The normalized spacial score (nSPS) is 12.5. The number of methoxy groups -OCH3 is 1. The zero-order chi connectivity index (χ0) is 12.7. The molecule has 3 heteroatoms. The molecule has 0 aliphatic rings. The van der Waals surface area contributed by atoms with Crippen LogP contribution in [0.3, 0.4) is 0 Å². The highest BCUT2D eigenvalue weighted by atomic mass is 79.9. The van der Waals surface area contributed by atoms with Crippen molar-refractivity contribution in [2.45, 2.75) is 39.2 Å². The summed E-state index contributed by atoms with van der Waals surface area (Å²) in [5, 5.41) is 3.59. The van der Waals surface area contributed by atoms with Crippen molar-refractivity contribution in [3.05, 3.63) is 28.2 Å². The topological polar surface area (TPSA) is 21.3 Å². The average molecular weight is 300 g/mol. The first-order valence-corrected chi connectivity index (χ1v) is 7.09. The number of rotatable bonds is 7. The van der Waals surface area contributed by atoms with Gasteiger partial charge in [0.2, 0.25) is 0 Å². The third-order valence-corrected chi connectivity index (χ3v) is 3.49. The van der Waals surface area contributed by atoms with Crippen molar-refractivity contribution in [3.63, 3.8) is 0 Å². The molecule has 0 heterocycles. The fourth-order valence-electron chi connectivity index (χ4n) is 1.89. The van der Waals surface area contributed by atoms with Gasteiger partial charge < -0.3 is 10.1 Å². The van der Waals surface area contributed by atoms with E-state index >= 15 is 0 Å². The molecule has 1 aromatic rings. The zero-order valence-corrected chi connectivity index (χ0v) is 12.5. The lowest BCUT2D eigenvalue weighted by molar-refractivity contribution is 0.413. The van der Waals surface area contributed by atoms with E-state index in [4.69, 9.17) is 4.74 Å². The number of hydrogen-bond donors (Lipinski definition) is 1. The second-order valence-electron chi connectivity index (χ2n) is 4.18. The number of benzene rings is 1. The van der Waals surface area contributed by atoms with E-state index in [-0.39, 0.29) is 0 Å².